The summed E-state index contributed by atoms with van der Waals surface area (Å²) in [5, 5.41) is 0. The highest BCUT2D eigenvalue weighted by Crippen LogP contribution is 2.38. The molecule has 1 aromatic heterocycles. The Kier molecular flexibility index (Phi) is 7.92. The van der Waals surface area contributed by atoms with Gasteiger partial charge in [-0.1, -0.05) is 0 Å². The lowest BCUT2D eigenvalue weighted by Gasteiger charge is -2.14. The van der Waals surface area contributed by atoms with E-state index in [4.69, 9.17) is 25.7 Å². The molecule has 0 saturated heterocycles. The monoisotopic (exact) mass is 343 g/mol. The van der Waals surface area contributed by atoms with Gasteiger partial charge >= 0.3 is 0 Å². The fourth-order valence-corrected chi connectivity index (χ4v) is 2.03. The Bertz CT molecular complexity index is 629. The first-order valence-electron chi connectivity index (χ1n) is 6.24. The van der Waals surface area contributed by atoms with Gasteiger partial charge in [0.25, 0.3) is 0 Å². The minimum atomic E-state index is 0. The normalized spacial score (nSPS) is 9.35. The number of benzene rings is 1. The Balaban J connectivity index is 0.00000242. The Morgan fingerprint density at radius 1 is 1.00 bits per heavy atom. The molecule has 0 aliphatic rings. The third-order valence-corrected chi connectivity index (χ3v) is 3.04. The topological polar surface area (TPSA) is 141 Å². The number of rotatable bonds is 5. The van der Waals surface area contributed by atoms with Crippen LogP contribution in [-0.4, -0.2) is 31.3 Å². The van der Waals surface area contributed by atoms with Crippen LogP contribution in [0.5, 0.6) is 17.2 Å². The van der Waals surface area contributed by atoms with Crippen LogP contribution in [0.2, 0.25) is 0 Å². The van der Waals surface area contributed by atoms with E-state index in [1.54, 1.807) is 27.5 Å². The number of methoxy groups -OCH3 is 3. The molecule has 9 heteroatoms. The number of ether oxygens (including phenoxy) is 3. The molecule has 23 heavy (non-hydrogen) atoms. The highest BCUT2D eigenvalue weighted by Gasteiger charge is 2.14. The lowest BCUT2D eigenvalue weighted by molar-refractivity contribution is 0.324. The number of halogens is 1. The van der Waals surface area contributed by atoms with Gasteiger partial charge in [0.2, 0.25) is 11.7 Å². The molecule has 0 bridgehead atoms. The van der Waals surface area contributed by atoms with Gasteiger partial charge in [-0.2, -0.15) is 4.98 Å². The average molecular weight is 344 g/mol. The Morgan fingerprint density at radius 3 is 2.00 bits per heavy atom. The summed E-state index contributed by atoms with van der Waals surface area (Å²) in [5.41, 5.74) is 13.1. The second kappa shape index (κ2) is 8.86. The predicted octanol–water partition coefficient (Wildman–Crippen LogP) is 1.84. The van der Waals surface area contributed by atoms with Gasteiger partial charge in [0, 0.05) is 18.2 Å². The number of nitrogens with zero attached hydrogens (tertiary/aromatic N) is 2. The van der Waals surface area contributed by atoms with Crippen LogP contribution in [0.3, 0.4) is 0 Å². The largest absolute Gasteiger partial charge is 0.493 e. The van der Waals surface area contributed by atoms with Crippen LogP contribution in [0.15, 0.2) is 18.3 Å². The average Bonchev–Trinajstić information content (AvgIpc) is 2.49. The summed E-state index contributed by atoms with van der Waals surface area (Å²) in [5.74, 6) is 2.23. The minimum Gasteiger partial charge on any atom is -0.493 e. The maximum absolute atomic E-state index is 5.85. The Hall–Kier alpha value is -2.45. The van der Waals surface area contributed by atoms with Gasteiger partial charge < -0.3 is 31.8 Å². The summed E-state index contributed by atoms with van der Waals surface area (Å²) in [6, 6.07) is 3.72. The summed E-state index contributed by atoms with van der Waals surface area (Å²) >= 11 is 0. The molecular formula is C14H22ClN5O3. The molecule has 1 aromatic carbocycles. The zero-order valence-electron chi connectivity index (χ0n) is 13.3. The maximum atomic E-state index is 5.85. The van der Waals surface area contributed by atoms with Crippen LogP contribution in [0.25, 0.3) is 0 Å². The van der Waals surface area contributed by atoms with Crippen molar-refractivity contribution in [3.8, 4) is 17.2 Å². The van der Waals surface area contributed by atoms with E-state index in [0.717, 1.165) is 11.1 Å². The smallest absolute Gasteiger partial charge is 0.221 e. The highest BCUT2D eigenvalue weighted by atomic mass is 35.5. The van der Waals surface area contributed by atoms with Crippen LogP contribution in [0.4, 0.5) is 11.8 Å². The van der Waals surface area contributed by atoms with Crippen LogP contribution in [0, 0.1) is 0 Å². The van der Waals surface area contributed by atoms with Crippen molar-refractivity contribution < 1.29 is 14.2 Å². The molecule has 0 unspecified atom stereocenters. The number of hydrogen-bond donors (Lipinski definition) is 3. The van der Waals surface area contributed by atoms with E-state index in [1.807, 2.05) is 12.1 Å². The molecule has 0 saturated carbocycles. The van der Waals surface area contributed by atoms with Gasteiger partial charge in [0.15, 0.2) is 11.5 Å². The Labute approximate surface area is 141 Å². The van der Waals surface area contributed by atoms with Crippen molar-refractivity contribution in [2.45, 2.75) is 6.42 Å². The number of anilines is 2. The molecule has 0 amide bonds. The summed E-state index contributed by atoms with van der Waals surface area (Å²) in [4.78, 5) is 7.90. The third kappa shape index (κ3) is 4.51. The molecule has 0 spiro atoms. The number of hydrogen-bond acceptors (Lipinski definition) is 8. The molecule has 0 fully saturated rings. The molecule has 0 aliphatic heterocycles. The van der Waals surface area contributed by atoms with Crippen LogP contribution >= 0.6 is 12.4 Å². The lowest BCUT2D eigenvalue weighted by atomic mass is 10.1. The Morgan fingerprint density at radius 2 is 1.57 bits per heavy atom. The van der Waals surface area contributed by atoms with Gasteiger partial charge in [-0.25, -0.2) is 4.98 Å². The molecule has 2 rings (SSSR count). The summed E-state index contributed by atoms with van der Waals surface area (Å²) in [7, 11) is 4.70. The molecule has 2 aromatic rings. The van der Waals surface area contributed by atoms with E-state index in [0.29, 0.717) is 29.5 Å². The van der Waals surface area contributed by atoms with Crippen LogP contribution < -0.4 is 31.8 Å². The molecule has 0 aliphatic carbocycles. The van der Waals surface area contributed by atoms with E-state index in [9.17, 15) is 0 Å². The van der Waals surface area contributed by atoms with Crippen molar-refractivity contribution in [3.63, 3.8) is 0 Å². The van der Waals surface area contributed by atoms with Crippen LogP contribution in [0.1, 0.15) is 11.1 Å². The number of nitrogen functional groups attached to an aromatic ring is 2. The van der Waals surface area contributed by atoms with Gasteiger partial charge in [0.1, 0.15) is 5.82 Å². The van der Waals surface area contributed by atoms with Gasteiger partial charge in [-0.3, -0.25) is 0 Å². The predicted molar refractivity (Wildman–Crippen MR) is 92.0 cm³/mol. The second-order valence-corrected chi connectivity index (χ2v) is 4.35. The van der Waals surface area contributed by atoms with E-state index >= 15 is 0 Å². The fourth-order valence-electron chi connectivity index (χ4n) is 2.03. The molecule has 0 radical (unpaired) electrons. The van der Waals surface area contributed by atoms with Crippen LogP contribution in [-0.2, 0) is 6.42 Å². The standard InChI is InChI=1S/C14H18N4O3.ClH.H3N/c1-19-10-5-8(6-11(20-2)12(10)21-3)4-9-7-17-14(16)18-13(9)15;;/h5-7H,4H2,1-3H3,(H4,15,16,17,18);1H;1H3. The molecule has 0 atom stereocenters. The lowest BCUT2D eigenvalue weighted by Crippen LogP contribution is -2.04. The van der Waals surface area contributed by atoms with Gasteiger partial charge in [-0.05, 0) is 17.7 Å². The van der Waals surface area contributed by atoms with Crippen molar-refractivity contribution in [2.24, 2.45) is 0 Å². The highest BCUT2D eigenvalue weighted by molar-refractivity contribution is 5.85. The molecule has 1 heterocycles. The molecule has 8 nitrogen and oxygen atoms in total. The first-order valence-corrected chi connectivity index (χ1v) is 6.24. The first kappa shape index (κ1) is 20.6. The second-order valence-electron chi connectivity index (χ2n) is 4.35. The van der Waals surface area contributed by atoms with E-state index < -0.39 is 0 Å². The van der Waals surface area contributed by atoms with Crippen molar-refractivity contribution in [2.75, 3.05) is 32.8 Å². The third-order valence-electron chi connectivity index (χ3n) is 3.04. The summed E-state index contributed by atoms with van der Waals surface area (Å²) in [6.45, 7) is 0. The van der Waals surface area contributed by atoms with E-state index in [-0.39, 0.29) is 24.5 Å². The first-order chi connectivity index (χ1) is 10.1. The number of aromatic nitrogens is 2. The fraction of sp³-hybridized carbons (Fsp3) is 0.286. The number of nitrogens with two attached hydrogens (primary N) is 2. The van der Waals surface area contributed by atoms with Crippen molar-refractivity contribution in [3.05, 3.63) is 29.5 Å². The summed E-state index contributed by atoms with van der Waals surface area (Å²) in [6.07, 6.45) is 2.14. The van der Waals surface area contributed by atoms with E-state index in [1.165, 1.54) is 0 Å². The zero-order valence-corrected chi connectivity index (χ0v) is 14.1. The molecule has 7 N–H and O–H groups in total. The molecule has 128 valence electrons. The zero-order chi connectivity index (χ0) is 15.4. The molecular weight excluding hydrogens is 322 g/mol. The van der Waals surface area contributed by atoms with Gasteiger partial charge in [-0.15, -0.1) is 12.4 Å². The summed E-state index contributed by atoms with van der Waals surface area (Å²) < 4.78 is 15.9. The minimum absolute atomic E-state index is 0. The van der Waals surface area contributed by atoms with Crippen molar-refractivity contribution in [1.82, 2.24) is 16.1 Å². The van der Waals surface area contributed by atoms with E-state index in [2.05, 4.69) is 9.97 Å². The van der Waals surface area contributed by atoms with Crippen molar-refractivity contribution in [1.29, 1.82) is 0 Å². The maximum Gasteiger partial charge on any atom is 0.221 e. The van der Waals surface area contributed by atoms with Crippen molar-refractivity contribution >= 4 is 24.2 Å². The quantitative estimate of drug-likeness (QED) is 0.746. The SMILES string of the molecule is COc1cc(Cc2cnc(N)nc2N)cc(OC)c1OC.Cl.N. The van der Waals surface area contributed by atoms with Gasteiger partial charge in [0.05, 0.1) is 21.3 Å².